The van der Waals surface area contributed by atoms with Gasteiger partial charge in [0.2, 0.25) is 0 Å². The van der Waals surface area contributed by atoms with Gasteiger partial charge in [0, 0.05) is 6.54 Å². The molecule has 1 heterocycles. The molecule has 1 amide bonds. The van der Waals surface area contributed by atoms with Crippen LogP contribution >= 0.6 is 0 Å². The smallest absolute Gasteiger partial charge is 0.314 e. The van der Waals surface area contributed by atoms with Crippen LogP contribution in [0.15, 0.2) is 0 Å². The van der Waals surface area contributed by atoms with Gasteiger partial charge in [-0.25, -0.2) is 0 Å². The van der Waals surface area contributed by atoms with Gasteiger partial charge in [-0.3, -0.25) is 4.79 Å². The molecule has 9 N–H and O–H groups in total. The number of aliphatic hydroxyl groups is 8. The van der Waals surface area contributed by atoms with E-state index in [2.05, 4.69) is 44.6 Å². The molecule has 1 fully saturated rings. The third-order valence-electron chi connectivity index (χ3n) is 5.79. The van der Waals surface area contributed by atoms with Gasteiger partial charge in [0.15, 0.2) is 29.0 Å². The first-order valence-electron chi connectivity index (χ1n) is 13.0. The van der Waals surface area contributed by atoms with Gasteiger partial charge in [-0.1, -0.05) is 0 Å². The van der Waals surface area contributed by atoms with Crippen LogP contribution in [-0.2, 0) is 22.5 Å². The Kier molecular flexibility index (Phi) is 14.3. The number of nitrogens with one attached hydrogen (secondary N) is 1. The first kappa shape index (κ1) is 36.7. The van der Waals surface area contributed by atoms with Crippen LogP contribution in [0.2, 0.25) is 51.9 Å². The van der Waals surface area contributed by atoms with E-state index in [1.165, 1.54) is 0 Å². The van der Waals surface area contributed by atoms with Crippen LogP contribution in [0, 0.1) is 0 Å². The second kappa shape index (κ2) is 15.2. The fraction of sp³-hybridized carbons (Fsp3) is 0.955. The van der Waals surface area contributed by atoms with E-state index in [1.807, 2.05) is 6.55 Å². The first-order valence-corrected chi connectivity index (χ1v) is 22.4. The minimum absolute atomic E-state index is 0.135. The van der Waals surface area contributed by atoms with E-state index in [-0.39, 0.29) is 6.54 Å². The van der Waals surface area contributed by atoms with E-state index in [9.17, 15) is 45.6 Å². The predicted octanol–water partition coefficient (Wildman–Crippen LogP) is -2.47. The number of carbonyl (C=O) groups is 1. The lowest BCUT2D eigenvalue weighted by molar-refractivity contribution is -0.326. The average molecular weight is 620 g/mol. The molecule has 1 saturated heterocycles. The van der Waals surface area contributed by atoms with Crippen molar-refractivity contribution >= 4 is 31.1 Å². The number of hydrogen-bond donors (Lipinski definition) is 9. The van der Waals surface area contributed by atoms with E-state index in [1.54, 1.807) is 0 Å². The van der Waals surface area contributed by atoms with Crippen molar-refractivity contribution < 1.29 is 63.4 Å². The van der Waals surface area contributed by atoms with Crippen LogP contribution in [0.1, 0.15) is 6.42 Å². The Balaban J connectivity index is 2.82. The first-order chi connectivity index (χ1) is 17.7. The molecule has 0 aromatic rings. The highest BCUT2D eigenvalue weighted by molar-refractivity contribution is 6.87. The lowest BCUT2D eigenvalue weighted by atomic mass is 9.98. The molecule has 9 atom stereocenters. The summed E-state index contributed by atoms with van der Waals surface area (Å²) in [7, 11) is -6.35. The number of aliphatic hydroxyl groups excluding tert-OH is 8. The third kappa shape index (κ3) is 11.8. The third-order valence-corrected chi connectivity index (χ3v) is 15.4. The van der Waals surface area contributed by atoms with Gasteiger partial charge in [0.1, 0.15) is 42.7 Å². The molecule has 17 heteroatoms. The zero-order valence-electron chi connectivity index (χ0n) is 23.9. The highest BCUT2D eigenvalue weighted by atomic mass is 28.5. The highest BCUT2D eigenvalue weighted by Gasteiger charge is 2.47. The van der Waals surface area contributed by atoms with Gasteiger partial charge >= 0.3 is 8.56 Å². The monoisotopic (exact) mass is 619 g/mol. The summed E-state index contributed by atoms with van der Waals surface area (Å²) in [5.74, 6) is -0.976. The molecule has 0 spiro atoms. The van der Waals surface area contributed by atoms with Crippen LogP contribution in [0.25, 0.3) is 0 Å². The number of rotatable bonds is 16. The van der Waals surface area contributed by atoms with Crippen molar-refractivity contribution in [3.05, 3.63) is 0 Å². The Hall–Kier alpha value is -0.359. The van der Waals surface area contributed by atoms with Gasteiger partial charge in [-0.15, -0.1) is 0 Å². The Bertz CT molecular complexity index is 736. The van der Waals surface area contributed by atoms with Crippen molar-refractivity contribution in [2.24, 2.45) is 0 Å². The van der Waals surface area contributed by atoms with E-state index < -0.39 is 99.4 Å². The number of carbonyl (C=O) groups excluding carboxylic acids is 1. The minimum atomic E-state index is -2.54. The molecule has 0 aliphatic carbocycles. The maximum absolute atomic E-state index is 12.6. The summed E-state index contributed by atoms with van der Waals surface area (Å²) < 4.78 is 23.4. The summed E-state index contributed by atoms with van der Waals surface area (Å²) in [5, 5.41) is 82.5. The van der Waals surface area contributed by atoms with Crippen LogP contribution < -0.4 is 5.32 Å². The molecule has 0 aromatic heterocycles. The second-order valence-corrected chi connectivity index (χ2v) is 24.8. The SMILES string of the molecule is C[Si](C)(C)O[Si](C)(CCCNC(=O)[C@H](O)[C@@H](O)[C@H](O[C@@H]1O[C@H](CO)[C@@H](O)[C@H](O)[C@H]1O)[C@H](O)CO)O[Si](C)(C)C. The molecule has 0 saturated carbocycles. The molecule has 14 nitrogen and oxygen atoms in total. The van der Waals surface area contributed by atoms with E-state index in [0.29, 0.717) is 12.5 Å². The summed E-state index contributed by atoms with van der Waals surface area (Å²) in [6.45, 7) is 12.9. The molecule has 0 aromatic carbocycles. The van der Waals surface area contributed by atoms with E-state index >= 15 is 0 Å². The summed E-state index contributed by atoms with van der Waals surface area (Å²) in [5.41, 5.74) is 0. The number of hydrogen-bond acceptors (Lipinski definition) is 13. The molecule has 232 valence electrons. The van der Waals surface area contributed by atoms with Crippen molar-refractivity contribution in [3.8, 4) is 0 Å². The predicted molar refractivity (Wildman–Crippen MR) is 147 cm³/mol. The van der Waals surface area contributed by atoms with Gasteiger partial charge in [-0.05, 0) is 58.3 Å². The van der Waals surface area contributed by atoms with Gasteiger partial charge in [0.05, 0.1) is 13.2 Å². The Morgan fingerprint density at radius 1 is 0.897 bits per heavy atom. The second-order valence-electron chi connectivity index (χ2n) is 11.9. The summed E-state index contributed by atoms with van der Waals surface area (Å²) in [6.07, 6.45) is -15.9. The zero-order chi connectivity index (χ0) is 30.3. The standard InChI is InChI=1S/C22H49NO13Si3/c1-37(2,3)35-39(7,36-38(4,5)6)10-8-9-23-21(32)18(30)17(29)20(13(26)11-24)34-22-19(31)16(28)15(27)14(12-25)33-22/h13-20,22,24-31H,8-12H2,1-7H3,(H,23,32)/t13-,14-,15-,16+,17-,18-,19-,20-,22+/m1/s1. The summed E-state index contributed by atoms with van der Waals surface area (Å²) in [6, 6.07) is 0.590. The van der Waals surface area contributed by atoms with Crippen molar-refractivity contribution in [1.29, 1.82) is 0 Å². The maximum Gasteiger partial charge on any atom is 0.314 e. The average Bonchev–Trinajstić information content (AvgIpc) is 2.81. The topological polar surface area (TPSA) is 228 Å². The lowest BCUT2D eigenvalue weighted by Gasteiger charge is -2.42. The Labute approximate surface area is 233 Å². The Morgan fingerprint density at radius 2 is 1.44 bits per heavy atom. The van der Waals surface area contributed by atoms with Crippen molar-refractivity contribution in [1.82, 2.24) is 5.32 Å². The lowest BCUT2D eigenvalue weighted by Crippen LogP contribution is -2.62. The summed E-state index contributed by atoms with van der Waals surface area (Å²) in [4.78, 5) is 12.6. The molecule has 0 bridgehead atoms. The number of ether oxygens (including phenoxy) is 2. The highest BCUT2D eigenvalue weighted by Crippen LogP contribution is 2.26. The number of amides is 1. The normalized spacial score (nSPS) is 28.0. The van der Waals surface area contributed by atoms with E-state index in [0.717, 1.165) is 0 Å². The van der Waals surface area contributed by atoms with Crippen LogP contribution in [-0.4, -0.2) is 147 Å². The fourth-order valence-corrected chi connectivity index (χ4v) is 16.9. The van der Waals surface area contributed by atoms with Gasteiger partial charge in [0.25, 0.3) is 5.91 Å². The van der Waals surface area contributed by atoms with Crippen LogP contribution in [0.5, 0.6) is 0 Å². The van der Waals surface area contributed by atoms with E-state index in [4.69, 9.17) is 17.7 Å². The Morgan fingerprint density at radius 3 is 1.90 bits per heavy atom. The molecule has 1 rings (SSSR count). The molecule has 39 heavy (non-hydrogen) atoms. The van der Waals surface area contributed by atoms with Crippen LogP contribution in [0.4, 0.5) is 0 Å². The minimum Gasteiger partial charge on any atom is -0.437 e. The quantitative estimate of drug-likeness (QED) is 0.0645. The van der Waals surface area contributed by atoms with Gasteiger partial charge in [-0.2, -0.15) is 0 Å². The molecule has 0 unspecified atom stereocenters. The van der Waals surface area contributed by atoms with Crippen molar-refractivity contribution in [2.45, 2.75) is 113 Å². The largest absolute Gasteiger partial charge is 0.437 e. The zero-order valence-corrected chi connectivity index (χ0v) is 26.9. The maximum atomic E-state index is 12.6. The van der Waals surface area contributed by atoms with Crippen LogP contribution in [0.3, 0.4) is 0 Å². The molecular weight excluding hydrogens is 570 g/mol. The van der Waals surface area contributed by atoms with Gasteiger partial charge < -0.3 is 63.9 Å². The molecular formula is C22H49NO13Si3. The molecule has 1 aliphatic heterocycles. The fourth-order valence-electron chi connectivity index (χ4n) is 4.32. The van der Waals surface area contributed by atoms with Crippen molar-refractivity contribution in [3.63, 3.8) is 0 Å². The molecule has 0 radical (unpaired) electrons. The van der Waals surface area contributed by atoms with Crippen molar-refractivity contribution in [2.75, 3.05) is 19.8 Å². The molecule has 1 aliphatic rings. The summed E-state index contributed by atoms with van der Waals surface area (Å²) >= 11 is 0.